The second-order valence-corrected chi connectivity index (χ2v) is 4.22. The van der Waals surface area contributed by atoms with Crippen molar-refractivity contribution in [3.63, 3.8) is 0 Å². The Morgan fingerprint density at radius 1 is 1.40 bits per heavy atom. The SMILES string of the molecule is CN1CCc2oc3c(N)cccc3c2C1. The molecular weight excluding hydrogens is 188 g/mol. The number of benzene rings is 1. The van der Waals surface area contributed by atoms with Crippen LogP contribution in [0.3, 0.4) is 0 Å². The monoisotopic (exact) mass is 202 g/mol. The van der Waals surface area contributed by atoms with Crippen LogP contribution in [0.25, 0.3) is 11.0 Å². The molecule has 15 heavy (non-hydrogen) atoms. The standard InChI is InChI=1S/C12H14N2O/c1-14-6-5-11-9(7-14)8-3-2-4-10(13)12(8)15-11/h2-4H,5-7,13H2,1H3. The van der Waals surface area contributed by atoms with Crippen molar-refractivity contribution >= 4 is 16.7 Å². The van der Waals surface area contributed by atoms with Gasteiger partial charge in [0.25, 0.3) is 0 Å². The van der Waals surface area contributed by atoms with Crippen molar-refractivity contribution in [3.05, 3.63) is 29.5 Å². The van der Waals surface area contributed by atoms with Crippen LogP contribution in [0.4, 0.5) is 5.69 Å². The van der Waals surface area contributed by atoms with Gasteiger partial charge in [-0.25, -0.2) is 0 Å². The highest BCUT2D eigenvalue weighted by molar-refractivity contribution is 5.91. The molecule has 0 fully saturated rings. The van der Waals surface area contributed by atoms with Crippen LogP contribution in [0, 0.1) is 0 Å². The van der Waals surface area contributed by atoms with Gasteiger partial charge in [0.05, 0.1) is 5.69 Å². The number of rotatable bonds is 0. The molecule has 2 aromatic rings. The molecule has 2 heterocycles. The van der Waals surface area contributed by atoms with E-state index in [0.29, 0.717) is 0 Å². The van der Waals surface area contributed by atoms with Crippen LogP contribution >= 0.6 is 0 Å². The minimum Gasteiger partial charge on any atom is -0.459 e. The third-order valence-corrected chi connectivity index (χ3v) is 3.08. The van der Waals surface area contributed by atoms with E-state index in [-0.39, 0.29) is 0 Å². The zero-order chi connectivity index (χ0) is 10.4. The lowest BCUT2D eigenvalue weighted by Gasteiger charge is -2.21. The van der Waals surface area contributed by atoms with E-state index in [1.54, 1.807) is 0 Å². The van der Waals surface area contributed by atoms with Crippen molar-refractivity contribution in [2.45, 2.75) is 13.0 Å². The number of para-hydroxylation sites is 1. The number of nitrogens with zero attached hydrogens (tertiary/aromatic N) is 1. The van der Waals surface area contributed by atoms with Crippen LogP contribution < -0.4 is 5.73 Å². The summed E-state index contributed by atoms with van der Waals surface area (Å²) in [6, 6.07) is 5.97. The maximum Gasteiger partial charge on any atom is 0.157 e. The van der Waals surface area contributed by atoms with E-state index in [2.05, 4.69) is 18.0 Å². The van der Waals surface area contributed by atoms with Crippen LogP contribution in [0.1, 0.15) is 11.3 Å². The summed E-state index contributed by atoms with van der Waals surface area (Å²) in [5.74, 6) is 1.11. The van der Waals surface area contributed by atoms with Gasteiger partial charge in [-0.2, -0.15) is 0 Å². The van der Waals surface area contributed by atoms with Crippen molar-refractivity contribution in [3.8, 4) is 0 Å². The lowest BCUT2D eigenvalue weighted by molar-refractivity contribution is 0.296. The van der Waals surface area contributed by atoms with Crippen molar-refractivity contribution in [2.75, 3.05) is 19.3 Å². The second kappa shape index (κ2) is 3.00. The molecule has 0 atom stereocenters. The first-order valence-corrected chi connectivity index (χ1v) is 5.23. The molecule has 0 unspecified atom stereocenters. The molecule has 3 nitrogen and oxygen atoms in total. The van der Waals surface area contributed by atoms with E-state index in [0.717, 1.165) is 36.5 Å². The third kappa shape index (κ3) is 1.23. The van der Waals surface area contributed by atoms with Crippen molar-refractivity contribution in [1.29, 1.82) is 0 Å². The van der Waals surface area contributed by atoms with Crippen LogP contribution in [-0.4, -0.2) is 18.5 Å². The van der Waals surface area contributed by atoms with Crippen molar-refractivity contribution in [1.82, 2.24) is 4.90 Å². The normalized spacial score (nSPS) is 16.9. The molecule has 0 aliphatic carbocycles. The lowest BCUT2D eigenvalue weighted by atomic mass is 10.1. The Bertz CT molecular complexity index is 516. The Kier molecular flexibility index (Phi) is 1.76. The first kappa shape index (κ1) is 8.80. The van der Waals surface area contributed by atoms with E-state index < -0.39 is 0 Å². The topological polar surface area (TPSA) is 42.4 Å². The summed E-state index contributed by atoms with van der Waals surface area (Å²) in [7, 11) is 2.13. The number of nitrogens with two attached hydrogens (primary N) is 1. The zero-order valence-electron chi connectivity index (χ0n) is 8.79. The number of anilines is 1. The minimum atomic E-state index is 0.740. The molecule has 1 aromatic heterocycles. The molecule has 1 aromatic carbocycles. The molecule has 3 heteroatoms. The van der Waals surface area contributed by atoms with Crippen LogP contribution in [0.5, 0.6) is 0 Å². The minimum absolute atomic E-state index is 0.740. The largest absolute Gasteiger partial charge is 0.459 e. The van der Waals surface area contributed by atoms with Gasteiger partial charge < -0.3 is 15.1 Å². The van der Waals surface area contributed by atoms with Gasteiger partial charge in [-0.05, 0) is 13.1 Å². The summed E-state index contributed by atoms with van der Waals surface area (Å²) in [6.45, 7) is 2.03. The smallest absolute Gasteiger partial charge is 0.157 e. The Morgan fingerprint density at radius 3 is 3.13 bits per heavy atom. The predicted molar refractivity (Wildman–Crippen MR) is 60.7 cm³/mol. The van der Waals surface area contributed by atoms with Crippen LogP contribution in [-0.2, 0) is 13.0 Å². The van der Waals surface area contributed by atoms with E-state index in [1.165, 1.54) is 10.9 Å². The van der Waals surface area contributed by atoms with E-state index in [9.17, 15) is 0 Å². The van der Waals surface area contributed by atoms with Gasteiger partial charge in [0.2, 0.25) is 0 Å². The molecule has 0 spiro atoms. The maximum atomic E-state index is 5.90. The van der Waals surface area contributed by atoms with Gasteiger partial charge in [-0.15, -0.1) is 0 Å². The number of hydrogen-bond acceptors (Lipinski definition) is 3. The van der Waals surface area contributed by atoms with Gasteiger partial charge in [0.15, 0.2) is 5.58 Å². The highest BCUT2D eigenvalue weighted by Gasteiger charge is 2.20. The predicted octanol–water partition coefficient (Wildman–Crippen LogP) is 2.00. The summed E-state index contributed by atoms with van der Waals surface area (Å²) in [5, 5.41) is 1.18. The fourth-order valence-corrected chi connectivity index (χ4v) is 2.26. The molecule has 0 saturated carbocycles. The second-order valence-electron chi connectivity index (χ2n) is 4.22. The van der Waals surface area contributed by atoms with Gasteiger partial charge in [-0.1, -0.05) is 12.1 Å². The zero-order valence-corrected chi connectivity index (χ0v) is 8.79. The number of furan rings is 1. The molecule has 0 amide bonds. The van der Waals surface area contributed by atoms with Gasteiger partial charge in [0, 0.05) is 30.5 Å². The molecule has 78 valence electrons. The van der Waals surface area contributed by atoms with Crippen molar-refractivity contribution in [2.24, 2.45) is 0 Å². The summed E-state index contributed by atoms with van der Waals surface area (Å²) < 4.78 is 5.82. The summed E-state index contributed by atoms with van der Waals surface area (Å²) in [4.78, 5) is 2.31. The lowest BCUT2D eigenvalue weighted by Crippen LogP contribution is -2.25. The molecule has 1 aliphatic heterocycles. The fraction of sp³-hybridized carbons (Fsp3) is 0.333. The first-order valence-electron chi connectivity index (χ1n) is 5.23. The molecule has 3 rings (SSSR count). The van der Waals surface area contributed by atoms with E-state index >= 15 is 0 Å². The third-order valence-electron chi connectivity index (χ3n) is 3.08. The Morgan fingerprint density at radius 2 is 2.27 bits per heavy atom. The number of fused-ring (bicyclic) bond motifs is 3. The maximum absolute atomic E-state index is 5.90. The molecule has 0 saturated heterocycles. The molecular formula is C12H14N2O. The Hall–Kier alpha value is -1.48. The summed E-state index contributed by atoms with van der Waals surface area (Å²) in [5.41, 5.74) is 8.81. The average Bonchev–Trinajstić information content (AvgIpc) is 2.58. The average molecular weight is 202 g/mol. The van der Waals surface area contributed by atoms with Gasteiger partial charge >= 0.3 is 0 Å². The highest BCUT2D eigenvalue weighted by Crippen LogP contribution is 2.32. The van der Waals surface area contributed by atoms with E-state index in [4.69, 9.17) is 10.2 Å². The fourth-order valence-electron chi connectivity index (χ4n) is 2.26. The number of likely N-dealkylation sites (N-methyl/N-ethyl adjacent to an activating group) is 1. The summed E-state index contributed by atoms with van der Waals surface area (Å²) in [6.07, 6.45) is 0.986. The molecule has 2 N–H and O–H groups in total. The number of hydrogen-bond donors (Lipinski definition) is 1. The highest BCUT2D eigenvalue weighted by atomic mass is 16.3. The Balaban J connectivity index is 2.29. The molecule has 1 aliphatic rings. The quantitative estimate of drug-likeness (QED) is 0.664. The van der Waals surface area contributed by atoms with Crippen LogP contribution in [0.15, 0.2) is 22.6 Å². The van der Waals surface area contributed by atoms with Crippen LogP contribution in [0.2, 0.25) is 0 Å². The number of nitrogen functional groups attached to an aromatic ring is 1. The van der Waals surface area contributed by atoms with Gasteiger partial charge in [-0.3, -0.25) is 0 Å². The molecule has 0 bridgehead atoms. The first-order chi connectivity index (χ1) is 7.25. The van der Waals surface area contributed by atoms with Gasteiger partial charge in [0.1, 0.15) is 5.76 Å². The van der Waals surface area contributed by atoms with E-state index in [1.807, 2.05) is 12.1 Å². The molecule has 0 radical (unpaired) electrons. The Labute approximate surface area is 88.5 Å². The van der Waals surface area contributed by atoms with Crippen molar-refractivity contribution < 1.29 is 4.42 Å². The summed E-state index contributed by atoms with van der Waals surface area (Å²) >= 11 is 0.